The highest BCUT2D eigenvalue weighted by molar-refractivity contribution is 5.94. The van der Waals surface area contributed by atoms with Crippen molar-refractivity contribution in [2.45, 2.75) is 19.5 Å². The summed E-state index contributed by atoms with van der Waals surface area (Å²) in [5.41, 5.74) is 2.34. The lowest BCUT2D eigenvalue weighted by atomic mass is 10.1. The van der Waals surface area contributed by atoms with Crippen LogP contribution < -0.4 is 5.32 Å². The van der Waals surface area contributed by atoms with Crippen LogP contribution in [0, 0.1) is 11.3 Å². The summed E-state index contributed by atoms with van der Waals surface area (Å²) < 4.78 is 0. The monoisotopic (exact) mass is 293 g/mol. The average molecular weight is 293 g/mol. The maximum atomic E-state index is 12.3. The Morgan fingerprint density at radius 1 is 1.23 bits per heavy atom. The molecule has 0 heterocycles. The number of amides is 1. The summed E-state index contributed by atoms with van der Waals surface area (Å²) in [4.78, 5) is 14.3. The minimum absolute atomic E-state index is 0.0893. The third-order valence-corrected chi connectivity index (χ3v) is 3.57. The lowest BCUT2D eigenvalue weighted by Crippen LogP contribution is -2.39. The van der Waals surface area contributed by atoms with E-state index in [9.17, 15) is 4.79 Å². The summed E-state index contributed by atoms with van der Waals surface area (Å²) in [5, 5.41) is 11.7. The summed E-state index contributed by atoms with van der Waals surface area (Å²) in [5.74, 6) is -0.0893. The first-order valence-electron chi connectivity index (χ1n) is 7.15. The molecule has 1 atom stereocenters. The van der Waals surface area contributed by atoms with Gasteiger partial charge in [0.15, 0.2) is 0 Å². The van der Waals surface area contributed by atoms with E-state index in [-0.39, 0.29) is 11.9 Å². The molecule has 1 N–H and O–H groups in total. The Labute approximate surface area is 131 Å². The Morgan fingerprint density at radius 2 is 1.95 bits per heavy atom. The quantitative estimate of drug-likeness (QED) is 0.922. The number of benzene rings is 2. The van der Waals surface area contributed by atoms with Crippen LogP contribution in [0.5, 0.6) is 0 Å². The molecular formula is C18H19N3O. The van der Waals surface area contributed by atoms with Crippen LogP contribution in [0.4, 0.5) is 5.69 Å². The highest BCUT2D eigenvalue weighted by Gasteiger charge is 2.18. The van der Waals surface area contributed by atoms with Gasteiger partial charge in [0.2, 0.25) is 5.91 Å². The first-order chi connectivity index (χ1) is 10.6. The molecule has 0 radical (unpaired) electrons. The van der Waals surface area contributed by atoms with E-state index in [0.717, 1.165) is 5.56 Å². The molecule has 2 aromatic carbocycles. The summed E-state index contributed by atoms with van der Waals surface area (Å²) in [6.45, 7) is 2.57. The smallest absolute Gasteiger partial charge is 0.241 e. The minimum atomic E-state index is -0.272. The summed E-state index contributed by atoms with van der Waals surface area (Å²) in [7, 11) is 1.92. The molecule has 0 aliphatic carbocycles. The molecule has 0 saturated carbocycles. The van der Waals surface area contributed by atoms with Gasteiger partial charge in [-0.05, 0) is 37.7 Å². The molecule has 0 aliphatic rings. The van der Waals surface area contributed by atoms with Crippen LogP contribution in [-0.2, 0) is 11.3 Å². The topological polar surface area (TPSA) is 56.1 Å². The fourth-order valence-electron chi connectivity index (χ4n) is 2.12. The number of rotatable bonds is 5. The molecule has 0 aliphatic heterocycles. The predicted octanol–water partition coefficient (Wildman–Crippen LogP) is 3.02. The maximum Gasteiger partial charge on any atom is 0.241 e. The minimum Gasteiger partial charge on any atom is -0.325 e. The maximum absolute atomic E-state index is 12.3. The average Bonchev–Trinajstić information content (AvgIpc) is 2.55. The largest absolute Gasteiger partial charge is 0.325 e. The predicted molar refractivity (Wildman–Crippen MR) is 87.2 cm³/mol. The van der Waals surface area contributed by atoms with Crippen molar-refractivity contribution in [3.63, 3.8) is 0 Å². The number of carbonyl (C=O) groups excluding carboxylic acids is 1. The van der Waals surface area contributed by atoms with Crippen LogP contribution in [0.15, 0.2) is 54.6 Å². The van der Waals surface area contributed by atoms with Gasteiger partial charge >= 0.3 is 0 Å². The summed E-state index contributed by atoms with van der Waals surface area (Å²) in [6, 6.07) is 18.7. The van der Waals surface area contributed by atoms with Crippen molar-refractivity contribution in [1.29, 1.82) is 5.26 Å². The standard InChI is InChI=1S/C18H19N3O/c1-14(21(2)13-15-7-4-3-5-8-15)18(22)20-17-10-6-9-16(11-17)12-19/h3-11,14H,13H2,1-2H3,(H,20,22)/t14-/m1/s1. The number of hydrogen-bond acceptors (Lipinski definition) is 3. The van der Waals surface area contributed by atoms with Crippen LogP contribution in [0.3, 0.4) is 0 Å². The second-order valence-corrected chi connectivity index (χ2v) is 5.26. The van der Waals surface area contributed by atoms with E-state index in [4.69, 9.17) is 5.26 Å². The molecule has 0 unspecified atom stereocenters. The number of hydrogen-bond donors (Lipinski definition) is 1. The van der Waals surface area contributed by atoms with Crippen LogP contribution in [0.1, 0.15) is 18.1 Å². The van der Waals surface area contributed by atoms with Gasteiger partial charge in [-0.25, -0.2) is 0 Å². The van der Waals surface area contributed by atoms with Gasteiger partial charge in [0.1, 0.15) is 0 Å². The van der Waals surface area contributed by atoms with Gasteiger partial charge < -0.3 is 5.32 Å². The fourth-order valence-corrected chi connectivity index (χ4v) is 2.12. The molecule has 0 spiro atoms. The van der Waals surface area contributed by atoms with Gasteiger partial charge in [-0.2, -0.15) is 5.26 Å². The van der Waals surface area contributed by atoms with Crippen LogP contribution in [-0.4, -0.2) is 23.9 Å². The van der Waals surface area contributed by atoms with Gasteiger partial charge in [-0.3, -0.25) is 9.69 Å². The Morgan fingerprint density at radius 3 is 2.64 bits per heavy atom. The van der Waals surface area contributed by atoms with E-state index in [0.29, 0.717) is 17.8 Å². The Kier molecular flexibility index (Phi) is 5.29. The molecule has 2 aromatic rings. The van der Waals surface area contributed by atoms with E-state index in [1.807, 2.05) is 49.2 Å². The fraction of sp³-hybridized carbons (Fsp3) is 0.222. The van der Waals surface area contributed by atoms with E-state index >= 15 is 0 Å². The van der Waals surface area contributed by atoms with Crippen LogP contribution in [0.2, 0.25) is 0 Å². The second kappa shape index (κ2) is 7.39. The number of nitriles is 1. The van der Waals surface area contributed by atoms with Gasteiger partial charge in [0.05, 0.1) is 17.7 Å². The lowest BCUT2D eigenvalue weighted by molar-refractivity contribution is -0.120. The van der Waals surface area contributed by atoms with E-state index in [1.54, 1.807) is 24.3 Å². The van der Waals surface area contributed by atoms with Crippen molar-refractivity contribution >= 4 is 11.6 Å². The molecule has 0 fully saturated rings. The summed E-state index contributed by atoms with van der Waals surface area (Å²) >= 11 is 0. The van der Waals surface area contributed by atoms with Crippen LogP contribution >= 0.6 is 0 Å². The SMILES string of the molecule is C[C@H](C(=O)Nc1cccc(C#N)c1)N(C)Cc1ccccc1. The highest BCUT2D eigenvalue weighted by atomic mass is 16.2. The van der Waals surface area contributed by atoms with Gasteiger partial charge in [0.25, 0.3) is 0 Å². The van der Waals surface area contributed by atoms with Gasteiger partial charge in [0, 0.05) is 12.2 Å². The third-order valence-electron chi connectivity index (χ3n) is 3.57. The van der Waals surface area contributed by atoms with Crippen molar-refractivity contribution in [2.24, 2.45) is 0 Å². The molecule has 112 valence electrons. The Hall–Kier alpha value is -2.64. The molecule has 4 nitrogen and oxygen atoms in total. The second-order valence-electron chi connectivity index (χ2n) is 5.26. The zero-order valence-electron chi connectivity index (χ0n) is 12.8. The molecular weight excluding hydrogens is 274 g/mol. The lowest BCUT2D eigenvalue weighted by Gasteiger charge is -2.24. The first-order valence-corrected chi connectivity index (χ1v) is 7.15. The van der Waals surface area contributed by atoms with Crippen molar-refractivity contribution in [3.05, 3.63) is 65.7 Å². The zero-order chi connectivity index (χ0) is 15.9. The number of likely N-dealkylation sites (N-methyl/N-ethyl adjacent to an activating group) is 1. The van der Waals surface area contributed by atoms with Crippen LogP contribution in [0.25, 0.3) is 0 Å². The Balaban J connectivity index is 1.98. The number of anilines is 1. The van der Waals surface area contributed by atoms with Crippen molar-refractivity contribution in [1.82, 2.24) is 4.90 Å². The third kappa shape index (κ3) is 4.18. The molecule has 0 bridgehead atoms. The highest BCUT2D eigenvalue weighted by Crippen LogP contribution is 2.12. The van der Waals surface area contributed by atoms with Gasteiger partial charge in [-0.15, -0.1) is 0 Å². The number of nitrogens with one attached hydrogen (secondary N) is 1. The zero-order valence-corrected chi connectivity index (χ0v) is 12.8. The van der Waals surface area contributed by atoms with E-state index in [2.05, 4.69) is 11.4 Å². The Bertz CT molecular complexity index is 676. The molecule has 2 rings (SSSR count). The molecule has 0 saturated heterocycles. The van der Waals surface area contributed by atoms with E-state index < -0.39 is 0 Å². The normalized spacial score (nSPS) is 11.7. The first kappa shape index (κ1) is 15.7. The number of nitrogens with zero attached hydrogens (tertiary/aromatic N) is 2. The summed E-state index contributed by atoms with van der Waals surface area (Å²) in [6.07, 6.45) is 0. The van der Waals surface area contributed by atoms with Crippen molar-refractivity contribution in [2.75, 3.05) is 12.4 Å². The van der Waals surface area contributed by atoms with Gasteiger partial charge in [-0.1, -0.05) is 36.4 Å². The molecule has 4 heteroatoms. The number of carbonyl (C=O) groups is 1. The molecule has 22 heavy (non-hydrogen) atoms. The molecule has 0 aromatic heterocycles. The van der Waals surface area contributed by atoms with E-state index in [1.165, 1.54) is 0 Å². The molecule has 1 amide bonds. The van der Waals surface area contributed by atoms with Crippen molar-refractivity contribution in [3.8, 4) is 6.07 Å². The van der Waals surface area contributed by atoms with Crippen molar-refractivity contribution < 1.29 is 4.79 Å².